The van der Waals surface area contributed by atoms with Crippen molar-refractivity contribution in [3.8, 4) is 5.82 Å². The van der Waals surface area contributed by atoms with Gasteiger partial charge >= 0.3 is 6.18 Å². The van der Waals surface area contributed by atoms with Gasteiger partial charge in [-0.05, 0) is 75.0 Å². The second-order valence-corrected chi connectivity index (χ2v) is 10.3. The van der Waals surface area contributed by atoms with Crippen molar-refractivity contribution in [2.75, 3.05) is 18.4 Å². The molecule has 0 aliphatic carbocycles. The molecule has 2 N–H and O–H groups in total. The molecule has 0 spiro atoms. The van der Waals surface area contributed by atoms with E-state index < -0.39 is 12.6 Å². The number of hydrogen-bond acceptors (Lipinski definition) is 7. The SMILES string of the molecule is C=CCn1c(=O)c2cnc(Nc3ccc(C4CCNCC4)c(CC(F)(F)F)c3)nc2n1-c1ccc(=O)n(C(C)C)n1. The molecule has 216 valence electrons. The first kappa shape index (κ1) is 28.3. The Kier molecular flexibility index (Phi) is 7.80. The monoisotopic (exact) mass is 568 g/mol. The predicted octanol–water partition coefficient (Wildman–Crippen LogP) is 4.22. The number of allylic oxidation sites excluding steroid dienone is 1. The zero-order valence-electron chi connectivity index (χ0n) is 22.8. The minimum Gasteiger partial charge on any atom is -0.324 e. The Morgan fingerprint density at radius 3 is 2.61 bits per heavy atom. The fourth-order valence-electron chi connectivity index (χ4n) is 5.22. The normalized spacial score (nSPS) is 14.6. The van der Waals surface area contributed by atoms with Crippen molar-refractivity contribution >= 4 is 22.7 Å². The number of piperidine rings is 1. The highest BCUT2D eigenvalue weighted by molar-refractivity contribution is 5.77. The molecule has 0 atom stereocenters. The fourth-order valence-corrected chi connectivity index (χ4v) is 5.22. The predicted molar refractivity (Wildman–Crippen MR) is 150 cm³/mol. The number of benzene rings is 1. The zero-order chi connectivity index (χ0) is 29.3. The molecule has 13 heteroatoms. The maximum Gasteiger partial charge on any atom is 0.393 e. The first-order valence-corrected chi connectivity index (χ1v) is 13.4. The van der Waals surface area contributed by atoms with Crippen LogP contribution >= 0.6 is 0 Å². The molecule has 0 unspecified atom stereocenters. The summed E-state index contributed by atoms with van der Waals surface area (Å²) in [6.07, 6.45) is -0.943. The van der Waals surface area contributed by atoms with E-state index in [0.29, 0.717) is 11.3 Å². The van der Waals surface area contributed by atoms with Crippen LogP contribution in [0.25, 0.3) is 16.9 Å². The second kappa shape index (κ2) is 11.3. The Morgan fingerprint density at radius 1 is 1.17 bits per heavy atom. The van der Waals surface area contributed by atoms with E-state index in [9.17, 15) is 22.8 Å². The second-order valence-electron chi connectivity index (χ2n) is 10.3. The van der Waals surface area contributed by atoms with Crippen molar-refractivity contribution < 1.29 is 13.2 Å². The Hall–Kier alpha value is -4.26. The largest absolute Gasteiger partial charge is 0.393 e. The lowest BCUT2D eigenvalue weighted by atomic mass is 9.86. The van der Waals surface area contributed by atoms with Crippen molar-refractivity contribution in [1.82, 2.24) is 34.4 Å². The van der Waals surface area contributed by atoms with E-state index in [1.54, 1.807) is 18.2 Å². The van der Waals surface area contributed by atoms with E-state index >= 15 is 0 Å². The number of alkyl halides is 3. The number of halogens is 3. The van der Waals surface area contributed by atoms with Crippen molar-refractivity contribution in [3.63, 3.8) is 0 Å². The summed E-state index contributed by atoms with van der Waals surface area (Å²) in [7, 11) is 0. The van der Waals surface area contributed by atoms with E-state index in [1.165, 1.54) is 38.4 Å². The van der Waals surface area contributed by atoms with E-state index in [-0.39, 0.29) is 58.0 Å². The van der Waals surface area contributed by atoms with Crippen LogP contribution in [0.15, 0.2) is 58.8 Å². The van der Waals surface area contributed by atoms with Gasteiger partial charge in [0.15, 0.2) is 11.5 Å². The van der Waals surface area contributed by atoms with Gasteiger partial charge in [0.1, 0.15) is 5.39 Å². The summed E-state index contributed by atoms with van der Waals surface area (Å²) in [5.41, 5.74) is 0.855. The summed E-state index contributed by atoms with van der Waals surface area (Å²) in [6, 6.07) is 7.60. The molecule has 1 aliphatic heterocycles. The standard InChI is InChI=1S/C28H31F3N8O2/c1-4-13-37-26(41)22-16-33-27(35-25(22)39(37)23-7-8-24(40)38(36-23)17(2)3)34-20-5-6-21(18-9-11-32-12-10-18)19(14-20)15-28(29,30)31/h4-8,14,16-18,32H,1,9-13,15H2,2-3H3,(H,33,34,35). The van der Waals surface area contributed by atoms with Crippen LogP contribution in [0.3, 0.4) is 0 Å². The first-order valence-electron chi connectivity index (χ1n) is 13.4. The lowest BCUT2D eigenvalue weighted by Gasteiger charge is -2.26. The Morgan fingerprint density at radius 2 is 1.93 bits per heavy atom. The van der Waals surface area contributed by atoms with E-state index in [1.807, 2.05) is 13.8 Å². The third kappa shape index (κ3) is 5.94. The topological polar surface area (TPSA) is 112 Å². The van der Waals surface area contributed by atoms with Crippen molar-refractivity contribution in [3.05, 3.63) is 81.0 Å². The van der Waals surface area contributed by atoms with E-state index in [2.05, 4.69) is 32.3 Å². The van der Waals surface area contributed by atoms with Crippen LogP contribution in [-0.2, 0) is 13.0 Å². The van der Waals surface area contributed by atoms with Crippen LogP contribution in [0.5, 0.6) is 0 Å². The molecule has 1 aliphatic rings. The third-order valence-electron chi connectivity index (χ3n) is 7.06. The third-order valence-corrected chi connectivity index (χ3v) is 7.06. The number of rotatable bonds is 8. The zero-order valence-corrected chi connectivity index (χ0v) is 22.8. The van der Waals surface area contributed by atoms with Gasteiger partial charge in [-0.1, -0.05) is 12.1 Å². The van der Waals surface area contributed by atoms with Gasteiger partial charge in [0, 0.05) is 18.0 Å². The molecule has 0 radical (unpaired) electrons. The highest BCUT2D eigenvalue weighted by atomic mass is 19.4. The molecule has 4 aromatic rings. The van der Waals surface area contributed by atoms with Gasteiger partial charge in [-0.3, -0.25) is 9.59 Å². The molecule has 1 saturated heterocycles. The number of fused-ring (bicyclic) bond motifs is 1. The van der Waals surface area contributed by atoms with Crippen LogP contribution in [0.1, 0.15) is 49.8 Å². The van der Waals surface area contributed by atoms with Gasteiger partial charge in [-0.15, -0.1) is 11.7 Å². The minimum atomic E-state index is -4.36. The number of nitrogens with zero attached hydrogens (tertiary/aromatic N) is 6. The van der Waals surface area contributed by atoms with E-state index in [0.717, 1.165) is 25.9 Å². The molecule has 1 fully saturated rings. The highest BCUT2D eigenvalue weighted by Gasteiger charge is 2.31. The molecule has 0 saturated carbocycles. The molecule has 1 aromatic carbocycles. The van der Waals surface area contributed by atoms with Gasteiger partial charge < -0.3 is 10.6 Å². The van der Waals surface area contributed by atoms with Crippen molar-refractivity contribution in [1.29, 1.82) is 0 Å². The number of aromatic nitrogens is 6. The summed E-state index contributed by atoms with van der Waals surface area (Å²) in [4.78, 5) is 34.4. The molecule has 10 nitrogen and oxygen atoms in total. The first-order chi connectivity index (χ1) is 19.6. The van der Waals surface area contributed by atoms with Gasteiger partial charge in [0.25, 0.3) is 11.1 Å². The number of hydrogen-bond donors (Lipinski definition) is 2. The fraction of sp³-hybridized carbons (Fsp3) is 0.393. The maximum absolute atomic E-state index is 13.5. The Labute approximate surface area is 233 Å². The molecular formula is C28H31F3N8O2. The molecule has 4 heterocycles. The van der Waals surface area contributed by atoms with Gasteiger partial charge in [0.2, 0.25) is 5.95 Å². The summed E-state index contributed by atoms with van der Waals surface area (Å²) in [6.45, 7) is 9.03. The summed E-state index contributed by atoms with van der Waals surface area (Å²) in [5, 5.41) is 10.9. The van der Waals surface area contributed by atoms with Crippen LogP contribution < -0.4 is 21.8 Å². The number of anilines is 2. The summed E-state index contributed by atoms with van der Waals surface area (Å²) < 4.78 is 44.7. The van der Waals surface area contributed by atoms with E-state index in [4.69, 9.17) is 0 Å². The molecule has 5 rings (SSSR count). The molecule has 0 amide bonds. The van der Waals surface area contributed by atoms with Gasteiger partial charge in [0.05, 0.1) is 19.0 Å². The van der Waals surface area contributed by atoms with Crippen molar-refractivity contribution in [2.45, 2.75) is 57.8 Å². The van der Waals surface area contributed by atoms with Gasteiger partial charge in [-0.2, -0.15) is 18.2 Å². The lowest BCUT2D eigenvalue weighted by molar-refractivity contribution is -0.127. The highest BCUT2D eigenvalue weighted by Crippen LogP contribution is 2.34. The smallest absolute Gasteiger partial charge is 0.324 e. The van der Waals surface area contributed by atoms with Gasteiger partial charge in [-0.25, -0.2) is 19.0 Å². The Balaban J connectivity index is 1.58. The van der Waals surface area contributed by atoms with Crippen LogP contribution in [0.4, 0.5) is 24.8 Å². The molecule has 0 bridgehead atoms. The maximum atomic E-state index is 13.5. The molecular weight excluding hydrogens is 537 g/mol. The van der Waals surface area contributed by atoms with Crippen molar-refractivity contribution in [2.24, 2.45) is 0 Å². The summed E-state index contributed by atoms with van der Waals surface area (Å²) >= 11 is 0. The summed E-state index contributed by atoms with van der Waals surface area (Å²) in [5.74, 6) is 0.429. The number of nitrogens with one attached hydrogen (secondary N) is 2. The molecule has 41 heavy (non-hydrogen) atoms. The lowest BCUT2D eigenvalue weighted by Crippen LogP contribution is -2.28. The van der Waals surface area contributed by atoms with Crippen LogP contribution in [0, 0.1) is 0 Å². The minimum absolute atomic E-state index is 0.0518. The Bertz CT molecular complexity index is 1700. The van der Waals surface area contributed by atoms with Crippen LogP contribution in [-0.4, -0.2) is 48.4 Å². The average molecular weight is 569 g/mol. The average Bonchev–Trinajstić information content (AvgIpc) is 3.19. The van der Waals surface area contributed by atoms with Crippen LogP contribution in [0.2, 0.25) is 0 Å². The molecule has 3 aromatic heterocycles. The quantitative estimate of drug-likeness (QED) is 0.306.